The summed E-state index contributed by atoms with van der Waals surface area (Å²) < 4.78 is 44.7. The average molecular weight is 552 g/mol. The van der Waals surface area contributed by atoms with Crippen LogP contribution in [0.25, 0.3) is 31.1 Å². The van der Waals surface area contributed by atoms with E-state index in [1.165, 1.54) is 17.4 Å². The number of rotatable bonds is 1. The normalized spacial score (nSPS) is 11.0. The Kier molecular flexibility index (Phi) is 7.54. The third-order valence-corrected chi connectivity index (χ3v) is 5.01. The molecule has 1 radical (unpaired) electrons. The number of hydrogen-bond donors (Lipinski definition) is 1. The van der Waals surface area contributed by atoms with Crippen LogP contribution < -0.4 is 5.63 Å². The summed E-state index contributed by atoms with van der Waals surface area (Å²) >= 11 is 1.41. The second kappa shape index (κ2) is 8.56. The van der Waals surface area contributed by atoms with Gasteiger partial charge in [0, 0.05) is 69.5 Å². The second-order valence-corrected chi connectivity index (χ2v) is 6.44. The quantitative estimate of drug-likeness (QED) is 0.288. The molecule has 2 aromatic carbocycles. The maximum Gasteiger partial charge on any atom is 0.455 e. The van der Waals surface area contributed by atoms with E-state index in [9.17, 15) is 27.9 Å². The van der Waals surface area contributed by atoms with Crippen LogP contribution in [0, 0.1) is 49.4 Å². The number of alkyl halides is 3. The molecule has 0 fully saturated rings. The Morgan fingerprint density at radius 1 is 1.00 bits per heavy atom. The predicted octanol–water partition coefficient (Wildman–Crippen LogP) is 2.96. The number of halogens is 3. The number of ketones is 1. The minimum atomic E-state index is -5.29. The van der Waals surface area contributed by atoms with Crippen LogP contribution in [0.1, 0.15) is 10.4 Å². The monoisotopic (exact) mass is 553 g/mol. The van der Waals surface area contributed by atoms with Crippen LogP contribution in [-0.4, -0.2) is 28.0 Å². The van der Waals surface area contributed by atoms with Crippen molar-refractivity contribution in [2.45, 2.75) is 6.18 Å². The minimum Gasteiger partial charge on any atom is -0.506 e. The van der Waals surface area contributed by atoms with Crippen molar-refractivity contribution in [2.24, 2.45) is 0 Å². The maximum atomic E-state index is 12.7. The molecule has 11 heteroatoms. The Labute approximate surface area is 198 Å². The van der Waals surface area contributed by atoms with Crippen LogP contribution in [0.15, 0.2) is 45.6 Å². The third-order valence-electron chi connectivity index (χ3n) is 3.87. The van der Waals surface area contributed by atoms with E-state index in [1.54, 1.807) is 18.2 Å². The minimum absolute atomic E-state index is 0. The van der Waals surface area contributed by atoms with Crippen molar-refractivity contribution in [1.82, 2.24) is 0 Å². The molecule has 0 aliphatic heterocycles. The van der Waals surface area contributed by atoms with E-state index in [0.29, 0.717) is 5.39 Å². The van der Waals surface area contributed by atoms with E-state index in [4.69, 9.17) is 4.42 Å². The average Bonchev–Trinajstić information content (AvgIpc) is 2.92. The summed E-state index contributed by atoms with van der Waals surface area (Å²) in [5.41, 5.74) is -2.97. The van der Waals surface area contributed by atoms with E-state index in [1.807, 2.05) is 12.1 Å². The predicted molar refractivity (Wildman–Crippen MR) is 94.7 cm³/mol. The fraction of sp³-hybridized carbons (Fsp3) is 0.0588. The van der Waals surface area contributed by atoms with Gasteiger partial charge in [-0.25, -0.2) is 4.79 Å². The Bertz CT molecular complexity index is 1250. The van der Waals surface area contributed by atoms with E-state index < -0.39 is 28.9 Å². The molecule has 0 unspecified atom stereocenters. The molecule has 0 bridgehead atoms. The van der Waals surface area contributed by atoms with Gasteiger partial charge in [-0.2, -0.15) is 13.2 Å². The van der Waals surface area contributed by atoms with Crippen LogP contribution >= 0.6 is 11.3 Å². The van der Waals surface area contributed by atoms with Gasteiger partial charge < -0.3 is 20.5 Å². The molecule has 0 spiro atoms. The molecular formula is C17H11EuF3O6S. The molecular weight excluding hydrogens is 541 g/mol. The van der Waals surface area contributed by atoms with Crippen molar-refractivity contribution in [3.05, 3.63) is 52.4 Å². The summed E-state index contributed by atoms with van der Waals surface area (Å²) in [4.78, 5) is 23.4. The summed E-state index contributed by atoms with van der Waals surface area (Å²) in [5.74, 6) is -3.46. The molecule has 28 heavy (non-hydrogen) atoms. The number of Topliss-reactive ketones (excluding diaryl/α,β-unsaturated/α-hetero) is 1. The Balaban J connectivity index is 0.00000131. The first-order chi connectivity index (χ1) is 11.8. The van der Waals surface area contributed by atoms with Gasteiger partial charge in [-0.05, 0) is 18.2 Å². The van der Waals surface area contributed by atoms with Gasteiger partial charge in [-0.15, -0.1) is 11.3 Å². The van der Waals surface area contributed by atoms with Gasteiger partial charge in [-0.1, -0.05) is 18.2 Å². The number of carbonyl (C=O) groups is 1. The molecule has 0 saturated heterocycles. The van der Waals surface area contributed by atoms with Crippen molar-refractivity contribution in [3.8, 4) is 5.75 Å². The van der Waals surface area contributed by atoms with Crippen molar-refractivity contribution >= 4 is 48.3 Å². The molecule has 6 nitrogen and oxygen atoms in total. The first kappa shape index (κ1) is 24.7. The number of fused-ring (bicyclic) bond motifs is 5. The van der Waals surface area contributed by atoms with Gasteiger partial charge in [0.15, 0.2) is 11.1 Å². The van der Waals surface area contributed by atoms with Crippen LogP contribution in [0.4, 0.5) is 13.2 Å². The molecule has 0 saturated carbocycles. The summed E-state index contributed by atoms with van der Waals surface area (Å²) in [6, 6.07) is 10.2. The number of carbonyl (C=O) groups excluding carboxylic acids is 1. The van der Waals surface area contributed by atoms with E-state index >= 15 is 0 Å². The molecule has 4 rings (SSSR count). The second-order valence-electron chi connectivity index (χ2n) is 5.35. The molecule has 0 aliphatic carbocycles. The number of benzene rings is 2. The van der Waals surface area contributed by atoms with E-state index in [-0.39, 0.29) is 71.3 Å². The zero-order valence-electron chi connectivity index (χ0n) is 13.6. The van der Waals surface area contributed by atoms with Crippen LogP contribution in [0.3, 0.4) is 0 Å². The molecule has 0 amide bonds. The van der Waals surface area contributed by atoms with Crippen molar-refractivity contribution in [3.63, 3.8) is 0 Å². The summed E-state index contributed by atoms with van der Waals surface area (Å²) in [7, 11) is 0. The first-order valence-corrected chi connectivity index (χ1v) is 7.82. The molecule has 2 heterocycles. The molecule has 0 atom stereocenters. The molecule has 4 aromatic rings. The van der Waals surface area contributed by atoms with Gasteiger partial charge in [-0.3, -0.25) is 4.79 Å². The number of thiophene rings is 1. The molecule has 2 aromatic heterocycles. The maximum absolute atomic E-state index is 12.7. The van der Waals surface area contributed by atoms with Crippen molar-refractivity contribution in [2.75, 3.05) is 0 Å². The smallest absolute Gasteiger partial charge is 0.455 e. The summed E-state index contributed by atoms with van der Waals surface area (Å²) in [6.07, 6.45) is -5.29. The topological polar surface area (TPSA) is 131 Å². The first-order valence-electron chi connectivity index (χ1n) is 7.00. The zero-order valence-corrected chi connectivity index (χ0v) is 16.8. The summed E-state index contributed by atoms with van der Waals surface area (Å²) in [5, 5.41) is 11.3. The van der Waals surface area contributed by atoms with Gasteiger partial charge in [0.1, 0.15) is 5.75 Å². The fourth-order valence-corrected chi connectivity index (χ4v) is 3.90. The fourth-order valence-electron chi connectivity index (χ4n) is 2.79. The van der Waals surface area contributed by atoms with Gasteiger partial charge in [0.2, 0.25) is 0 Å². The van der Waals surface area contributed by atoms with Crippen LogP contribution in [-0.2, 0) is 0 Å². The van der Waals surface area contributed by atoms with Gasteiger partial charge in [0.05, 0.1) is 5.39 Å². The Hall–Kier alpha value is -1.37. The SMILES string of the molecule is O.O.O=C(c1c(O)c2ccc3sc4ccccc4c3c2oc1=O)C(F)(F)F.[Eu]. The van der Waals surface area contributed by atoms with Crippen molar-refractivity contribution < 1.29 is 87.8 Å². The number of hydrogen-bond acceptors (Lipinski definition) is 5. The van der Waals surface area contributed by atoms with Gasteiger partial charge in [0.25, 0.3) is 5.78 Å². The Morgan fingerprint density at radius 3 is 2.29 bits per heavy atom. The van der Waals surface area contributed by atoms with Crippen LogP contribution in [0.2, 0.25) is 0 Å². The molecule has 5 N–H and O–H groups in total. The Morgan fingerprint density at radius 2 is 1.64 bits per heavy atom. The molecule has 149 valence electrons. The largest absolute Gasteiger partial charge is 0.506 e. The summed E-state index contributed by atoms with van der Waals surface area (Å²) in [6.45, 7) is 0. The zero-order chi connectivity index (χ0) is 17.9. The third kappa shape index (κ3) is 3.74. The van der Waals surface area contributed by atoms with E-state index in [2.05, 4.69) is 0 Å². The van der Waals surface area contributed by atoms with Gasteiger partial charge >= 0.3 is 11.8 Å². The van der Waals surface area contributed by atoms with Crippen molar-refractivity contribution in [1.29, 1.82) is 0 Å². The van der Waals surface area contributed by atoms with E-state index in [0.717, 1.165) is 14.8 Å². The number of aromatic hydroxyl groups is 1. The standard InChI is InChI=1S/C17H7F3O4S.Eu.2H2O/c18-17(19,20)15(22)12-13(21)8-5-6-10-11(14(8)24-16(12)23)7-3-1-2-4-9(7)25-10;;;/h1-6,21H;;2*1H2. The molecule has 0 aliphatic rings. The van der Waals surface area contributed by atoms with Crippen LogP contribution in [0.5, 0.6) is 5.75 Å².